The van der Waals surface area contributed by atoms with Gasteiger partial charge >= 0.3 is 0 Å². The van der Waals surface area contributed by atoms with Gasteiger partial charge in [-0.3, -0.25) is 0 Å². The quantitative estimate of drug-likeness (QED) is 0.167. The number of furan rings is 1. The van der Waals surface area contributed by atoms with Crippen LogP contribution in [0.3, 0.4) is 0 Å². The summed E-state index contributed by atoms with van der Waals surface area (Å²) in [5, 5.41) is 15.1. The minimum Gasteiger partial charge on any atom is -0.624 e. The summed E-state index contributed by atoms with van der Waals surface area (Å²) in [7, 11) is 2.30. The fourth-order valence-electron chi connectivity index (χ4n) is 9.10. The molecule has 2 aliphatic heterocycles. The van der Waals surface area contributed by atoms with Crippen LogP contribution >= 0.6 is 0 Å². The van der Waals surface area contributed by atoms with Crippen molar-refractivity contribution in [2.24, 2.45) is 0 Å². The van der Waals surface area contributed by atoms with Gasteiger partial charge in [0.2, 0.25) is 0 Å². The second kappa shape index (κ2) is 13.6. The number of fused-ring (bicyclic) bond motifs is 6. The van der Waals surface area contributed by atoms with Crippen molar-refractivity contribution in [3.63, 3.8) is 0 Å². The molecule has 274 valence electrons. The number of rotatable bonds is 6. The summed E-state index contributed by atoms with van der Waals surface area (Å²) in [5.41, 5.74) is 15.9. The molecule has 57 heavy (non-hydrogen) atoms. The predicted octanol–water partition coefficient (Wildman–Crippen LogP) is 13.5. The first-order valence-electron chi connectivity index (χ1n) is 19.7. The molecular weight excluding hydrogens is 697 g/mol. The molecule has 3 atom stereocenters. The van der Waals surface area contributed by atoms with Crippen LogP contribution in [0, 0.1) is 0 Å². The van der Waals surface area contributed by atoms with Crippen molar-refractivity contribution in [2.45, 2.75) is 18.5 Å². The lowest BCUT2D eigenvalue weighted by Gasteiger charge is -2.50. The van der Waals surface area contributed by atoms with Crippen molar-refractivity contribution in [3.8, 4) is 33.4 Å². The highest BCUT2D eigenvalue weighted by Crippen LogP contribution is 2.56. The highest BCUT2D eigenvalue weighted by Gasteiger charge is 2.42. The van der Waals surface area contributed by atoms with Gasteiger partial charge in [-0.2, -0.15) is 0 Å². The van der Waals surface area contributed by atoms with Gasteiger partial charge in [-0.15, -0.1) is 0 Å². The SMILES string of the molecule is C[N+]1(c2ccc3c(c2)oc2cc(-c4ccccc4)cc(-c4cccc(C5[N-]C(c6ccccc6)NC(c6ccccc6)N5)c4)c23)c2ccccc2-c2ccccc21. The van der Waals surface area contributed by atoms with Gasteiger partial charge in [-0.25, -0.2) is 4.48 Å². The molecule has 0 bridgehead atoms. The first-order chi connectivity index (χ1) is 28.1. The second-order valence-electron chi connectivity index (χ2n) is 15.3. The van der Waals surface area contributed by atoms with E-state index in [9.17, 15) is 0 Å². The third kappa shape index (κ3) is 5.63. The Kier molecular flexibility index (Phi) is 8.02. The number of nitrogens with zero attached hydrogens (tertiary/aromatic N) is 2. The van der Waals surface area contributed by atoms with Gasteiger partial charge in [0.05, 0.1) is 13.2 Å². The Morgan fingerprint density at radius 1 is 0.456 bits per heavy atom. The van der Waals surface area contributed by atoms with Crippen molar-refractivity contribution in [3.05, 3.63) is 216 Å². The van der Waals surface area contributed by atoms with Crippen LogP contribution in [0.2, 0.25) is 0 Å². The van der Waals surface area contributed by atoms with Gasteiger partial charge in [-0.05, 0) is 58.1 Å². The number of para-hydroxylation sites is 2. The van der Waals surface area contributed by atoms with Crippen molar-refractivity contribution < 1.29 is 4.42 Å². The number of nitrogens with one attached hydrogen (secondary N) is 2. The Hall–Kier alpha value is -6.60. The highest BCUT2D eigenvalue weighted by atomic mass is 16.3. The molecule has 0 aliphatic carbocycles. The molecule has 2 N–H and O–H groups in total. The molecule has 5 heteroatoms. The molecule has 9 aromatic rings. The standard InChI is InChI=1S/C52H40N4O/c1-56(45-26-13-11-24-41(45)42-25-12-14-27-46(42)56)40-28-29-43-47(33-40)57-48-32-39(34-16-5-2-6-17-34)31-44(49(43)48)37-22-15-23-38(30-37)52-54-50(35-18-7-3-8-19-35)53-51(55-52)36-20-9-4-10-21-36/h2-33,50-54H,1H3. The number of quaternary nitrogens is 1. The zero-order valence-corrected chi connectivity index (χ0v) is 31.5. The number of hydrogen-bond acceptors (Lipinski definition) is 3. The van der Waals surface area contributed by atoms with Crippen molar-refractivity contribution in [1.82, 2.24) is 15.1 Å². The highest BCUT2D eigenvalue weighted by molar-refractivity contribution is 6.14. The molecule has 2 aliphatic rings. The zero-order chi connectivity index (χ0) is 37.9. The fourth-order valence-corrected chi connectivity index (χ4v) is 9.10. The van der Waals surface area contributed by atoms with E-state index in [1.165, 1.54) is 28.1 Å². The van der Waals surface area contributed by atoms with E-state index in [1.54, 1.807) is 0 Å². The monoisotopic (exact) mass is 736 g/mol. The van der Waals surface area contributed by atoms with E-state index in [2.05, 4.69) is 212 Å². The average Bonchev–Trinajstić information content (AvgIpc) is 3.79. The third-order valence-corrected chi connectivity index (χ3v) is 12.0. The summed E-state index contributed by atoms with van der Waals surface area (Å²) >= 11 is 0. The molecular formula is C52H40N4O. The number of hydrogen-bond donors (Lipinski definition) is 2. The Bertz CT molecular complexity index is 2830. The molecule has 0 saturated carbocycles. The Balaban J connectivity index is 1.05. The lowest BCUT2D eigenvalue weighted by atomic mass is 9.93. The van der Waals surface area contributed by atoms with E-state index < -0.39 is 0 Å². The summed E-state index contributed by atoms with van der Waals surface area (Å²) < 4.78 is 7.50. The summed E-state index contributed by atoms with van der Waals surface area (Å²) in [6.07, 6.45) is -0.499. The van der Waals surface area contributed by atoms with Crippen molar-refractivity contribution in [2.75, 3.05) is 7.05 Å². The molecule has 5 nitrogen and oxygen atoms in total. The maximum atomic E-state index is 6.92. The molecule has 1 saturated heterocycles. The lowest BCUT2D eigenvalue weighted by molar-refractivity contribution is 0.316. The van der Waals surface area contributed by atoms with Crippen LogP contribution in [0.1, 0.15) is 35.2 Å². The van der Waals surface area contributed by atoms with Crippen LogP contribution < -0.4 is 15.1 Å². The summed E-state index contributed by atoms with van der Waals surface area (Å²) in [6, 6.07) is 69.4. The minimum atomic E-state index is -0.242. The van der Waals surface area contributed by atoms with Crippen LogP contribution in [-0.4, -0.2) is 7.05 Å². The van der Waals surface area contributed by atoms with E-state index in [0.29, 0.717) is 4.48 Å². The summed E-state index contributed by atoms with van der Waals surface area (Å²) in [4.78, 5) is 0. The van der Waals surface area contributed by atoms with E-state index in [-0.39, 0.29) is 18.5 Å². The molecule has 0 spiro atoms. The van der Waals surface area contributed by atoms with Gasteiger partial charge in [0.1, 0.15) is 16.9 Å². The number of benzene rings is 8. The van der Waals surface area contributed by atoms with Gasteiger partial charge in [0.25, 0.3) is 0 Å². The van der Waals surface area contributed by atoms with Crippen molar-refractivity contribution >= 4 is 39.0 Å². The maximum absolute atomic E-state index is 6.92. The first kappa shape index (κ1) is 33.7. The fraction of sp³-hybridized carbons (Fsp3) is 0.0769. The van der Waals surface area contributed by atoms with Gasteiger partial charge < -0.3 is 20.4 Å². The lowest BCUT2D eigenvalue weighted by Crippen LogP contribution is -2.44. The topological polar surface area (TPSA) is 51.3 Å². The van der Waals surface area contributed by atoms with Gasteiger partial charge in [-0.1, -0.05) is 163 Å². The smallest absolute Gasteiger partial charge is 0.150 e. The van der Waals surface area contributed by atoms with E-state index in [1.807, 2.05) is 0 Å². The van der Waals surface area contributed by atoms with Crippen LogP contribution in [0.5, 0.6) is 0 Å². The molecule has 0 radical (unpaired) electrons. The molecule has 0 amide bonds. The first-order valence-corrected chi connectivity index (χ1v) is 19.7. The maximum Gasteiger partial charge on any atom is 0.150 e. The summed E-state index contributed by atoms with van der Waals surface area (Å²) in [5.74, 6) is 0. The van der Waals surface area contributed by atoms with Crippen molar-refractivity contribution in [1.29, 1.82) is 0 Å². The van der Waals surface area contributed by atoms with Crippen LogP contribution in [0.25, 0.3) is 60.6 Å². The van der Waals surface area contributed by atoms with E-state index in [0.717, 1.165) is 61.0 Å². The summed E-state index contributed by atoms with van der Waals surface area (Å²) in [6.45, 7) is 0. The van der Waals surface area contributed by atoms with E-state index in [4.69, 9.17) is 9.73 Å². The van der Waals surface area contributed by atoms with E-state index >= 15 is 0 Å². The van der Waals surface area contributed by atoms with Gasteiger partial charge in [0.15, 0.2) is 11.4 Å². The molecule has 1 fully saturated rings. The van der Waals surface area contributed by atoms with Gasteiger partial charge in [0, 0.05) is 46.2 Å². The largest absolute Gasteiger partial charge is 0.624 e. The molecule has 3 unspecified atom stereocenters. The van der Waals surface area contributed by atoms with Crippen LogP contribution in [0.15, 0.2) is 199 Å². The average molecular weight is 737 g/mol. The predicted molar refractivity (Wildman–Crippen MR) is 234 cm³/mol. The Labute approximate surface area is 332 Å². The third-order valence-electron chi connectivity index (χ3n) is 12.0. The molecule has 1 aromatic heterocycles. The zero-order valence-electron chi connectivity index (χ0n) is 31.5. The Morgan fingerprint density at radius 2 is 1.04 bits per heavy atom. The molecule has 8 aromatic carbocycles. The minimum absolute atomic E-state index is 0.0817. The normalized spacial score (nSPS) is 18.4. The molecule has 11 rings (SSSR count). The second-order valence-corrected chi connectivity index (χ2v) is 15.3. The molecule has 3 heterocycles. The van der Waals surface area contributed by atoms with Crippen LogP contribution in [-0.2, 0) is 0 Å². The van der Waals surface area contributed by atoms with Crippen LogP contribution in [0.4, 0.5) is 17.1 Å². The Morgan fingerprint density at radius 3 is 1.74 bits per heavy atom.